The molecule has 0 unspecified atom stereocenters. The molecule has 0 spiro atoms. The molecule has 1 aromatic carbocycles. The van der Waals surface area contributed by atoms with Crippen LogP contribution in [0.25, 0.3) is 10.9 Å². The average Bonchev–Trinajstić information content (AvgIpc) is 3.13. The Labute approximate surface area is 173 Å². The quantitative estimate of drug-likeness (QED) is 0.667. The molecular weight excluding hydrogens is 386 g/mol. The van der Waals surface area contributed by atoms with Crippen molar-refractivity contribution in [2.24, 2.45) is 0 Å². The number of likely N-dealkylation sites (tertiary alicyclic amines) is 1. The predicted octanol–water partition coefficient (Wildman–Crippen LogP) is 2.85. The third-order valence-corrected chi connectivity index (χ3v) is 5.17. The molecule has 0 aliphatic carbocycles. The molecule has 1 aliphatic heterocycles. The van der Waals surface area contributed by atoms with Crippen molar-refractivity contribution in [3.05, 3.63) is 48.5 Å². The molecule has 0 radical (unpaired) electrons. The monoisotopic (exact) mass is 409 g/mol. The highest BCUT2D eigenvalue weighted by Crippen LogP contribution is 2.26. The maximum atomic E-state index is 11.2. The first-order chi connectivity index (χ1) is 14.5. The number of amides is 1. The maximum absolute atomic E-state index is 11.2. The van der Waals surface area contributed by atoms with Gasteiger partial charge >= 0.3 is 6.09 Å². The summed E-state index contributed by atoms with van der Waals surface area (Å²) in [5, 5.41) is 12.9. The first kappa shape index (κ1) is 19.8. The van der Waals surface area contributed by atoms with Gasteiger partial charge in [0.1, 0.15) is 12.1 Å². The molecule has 9 heteroatoms. The van der Waals surface area contributed by atoms with Gasteiger partial charge in [-0.05, 0) is 37.1 Å². The standard InChI is InChI=1S/C21H23N5O4/c1-14(27)24-16-5-7-25(8-6-16)12-17-11-20(23-13-22-17)30-18-2-3-19-15(10-18)4-9-26(19)21(28)29/h2-4,9-11,13,16H,5-8,12H2,1H3,(H,24,27)(H,28,29). The lowest BCUT2D eigenvalue weighted by Crippen LogP contribution is -2.43. The van der Waals surface area contributed by atoms with Crippen LogP contribution in [-0.4, -0.2) is 55.7 Å². The zero-order valence-electron chi connectivity index (χ0n) is 16.6. The fraction of sp³-hybridized carbons (Fsp3) is 0.333. The van der Waals surface area contributed by atoms with Crippen LogP contribution in [0.15, 0.2) is 42.9 Å². The van der Waals surface area contributed by atoms with E-state index in [0.717, 1.165) is 41.6 Å². The smallest absolute Gasteiger partial charge is 0.415 e. The maximum Gasteiger partial charge on any atom is 0.415 e. The summed E-state index contributed by atoms with van der Waals surface area (Å²) in [7, 11) is 0. The van der Waals surface area contributed by atoms with Gasteiger partial charge < -0.3 is 15.2 Å². The first-order valence-corrected chi connectivity index (χ1v) is 9.80. The van der Waals surface area contributed by atoms with E-state index >= 15 is 0 Å². The van der Waals surface area contributed by atoms with Crippen LogP contribution in [0.3, 0.4) is 0 Å². The number of fused-ring (bicyclic) bond motifs is 1. The number of piperidine rings is 1. The molecule has 1 fully saturated rings. The van der Waals surface area contributed by atoms with Crippen molar-refractivity contribution in [3.8, 4) is 11.6 Å². The van der Waals surface area contributed by atoms with Crippen LogP contribution in [-0.2, 0) is 11.3 Å². The normalized spacial score (nSPS) is 15.2. The van der Waals surface area contributed by atoms with Gasteiger partial charge in [0, 0.05) is 50.2 Å². The van der Waals surface area contributed by atoms with Crippen LogP contribution in [0.1, 0.15) is 25.5 Å². The lowest BCUT2D eigenvalue weighted by molar-refractivity contribution is -0.120. The summed E-state index contributed by atoms with van der Waals surface area (Å²) in [5.74, 6) is 1.03. The van der Waals surface area contributed by atoms with E-state index in [4.69, 9.17) is 4.74 Å². The number of carbonyl (C=O) groups excluding carboxylic acids is 1. The first-order valence-electron chi connectivity index (χ1n) is 9.80. The van der Waals surface area contributed by atoms with Crippen LogP contribution >= 0.6 is 0 Å². The SMILES string of the molecule is CC(=O)NC1CCN(Cc2cc(Oc3ccc4c(ccn4C(=O)O)c3)ncn2)CC1. The zero-order chi connectivity index (χ0) is 21.1. The van der Waals surface area contributed by atoms with E-state index in [0.29, 0.717) is 23.7 Å². The van der Waals surface area contributed by atoms with E-state index < -0.39 is 6.09 Å². The summed E-state index contributed by atoms with van der Waals surface area (Å²) in [5.41, 5.74) is 1.46. The molecule has 1 saturated heterocycles. The summed E-state index contributed by atoms with van der Waals surface area (Å²) >= 11 is 0. The molecule has 0 bridgehead atoms. The van der Waals surface area contributed by atoms with E-state index in [-0.39, 0.29) is 11.9 Å². The number of nitrogens with one attached hydrogen (secondary N) is 1. The molecule has 30 heavy (non-hydrogen) atoms. The summed E-state index contributed by atoms with van der Waals surface area (Å²) in [6, 6.07) is 8.99. The average molecular weight is 409 g/mol. The minimum atomic E-state index is -1.03. The van der Waals surface area contributed by atoms with E-state index in [1.807, 2.05) is 6.07 Å². The van der Waals surface area contributed by atoms with Gasteiger partial charge in [-0.3, -0.25) is 14.3 Å². The Morgan fingerprint density at radius 2 is 2.00 bits per heavy atom. The Balaban J connectivity index is 1.40. The molecule has 3 aromatic rings. The molecule has 1 aliphatic rings. The molecule has 2 aromatic heterocycles. The highest BCUT2D eigenvalue weighted by Gasteiger charge is 2.20. The summed E-state index contributed by atoms with van der Waals surface area (Å²) in [6.07, 6.45) is 3.80. The van der Waals surface area contributed by atoms with Gasteiger partial charge in [0.2, 0.25) is 11.8 Å². The number of benzene rings is 1. The zero-order valence-corrected chi connectivity index (χ0v) is 16.6. The van der Waals surface area contributed by atoms with Gasteiger partial charge in [0.15, 0.2) is 0 Å². The fourth-order valence-corrected chi connectivity index (χ4v) is 3.74. The number of aromatic nitrogens is 3. The second kappa shape index (κ2) is 8.50. The lowest BCUT2D eigenvalue weighted by Gasteiger charge is -2.31. The van der Waals surface area contributed by atoms with Crippen molar-refractivity contribution >= 4 is 22.9 Å². The molecule has 156 valence electrons. The van der Waals surface area contributed by atoms with Crippen LogP contribution in [0.4, 0.5) is 4.79 Å². The van der Waals surface area contributed by atoms with E-state index in [9.17, 15) is 14.7 Å². The van der Waals surface area contributed by atoms with Crippen LogP contribution in [0.2, 0.25) is 0 Å². The number of carboxylic acid groups (broad SMARTS) is 1. The molecule has 0 saturated carbocycles. The number of carbonyl (C=O) groups is 2. The Kier molecular flexibility index (Phi) is 5.62. The van der Waals surface area contributed by atoms with Crippen molar-refractivity contribution in [2.75, 3.05) is 13.1 Å². The van der Waals surface area contributed by atoms with Crippen molar-refractivity contribution in [3.63, 3.8) is 0 Å². The van der Waals surface area contributed by atoms with Gasteiger partial charge in [-0.1, -0.05) is 0 Å². The molecule has 0 atom stereocenters. The second-order valence-corrected chi connectivity index (χ2v) is 7.39. The van der Waals surface area contributed by atoms with E-state index in [2.05, 4.69) is 20.2 Å². The van der Waals surface area contributed by atoms with Crippen LogP contribution < -0.4 is 10.1 Å². The second-order valence-electron chi connectivity index (χ2n) is 7.39. The number of hydrogen-bond acceptors (Lipinski definition) is 6. The van der Waals surface area contributed by atoms with Gasteiger partial charge in [0.05, 0.1) is 11.2 Å². The lowest BCUT2D eigenvalue weighted by atomic mass is 10.0. The molecule has 9 nitrogen and oxygen atoms in total. The van der Waals surface area contributed by atoms with Crippen LogP contribution in [0.5, 0.6) is 11.6 Å². The number of rotatable bonds is 5. The third kappa shape index (κ3) is 4.57. The number of hydrogen-bond donors (Lipinski definition) is 2. The van der Waals surface area contributed by atoms with Gasteiger partial charge in [-0.25, -0.2) is 14.8 Å². The molecule has 3 heterocycles. The topological polar surface area (TPSA) is 110 Å². The summed E-state index contributed by atoms with van der Waals surface area (Å²) < 4.78 is 7.04. The van der Waals surface area contributed by atoms with E-state index in [1.165, 1.54) is 12.5 Å². The Morgan fingerprint density at radius 3 is 2.73 bits per heavy atom. The van der Waals surface area contributed by atoms with Crippen molar-refractivity contribution in [1.29, 1.82) is 0 Å². The van der Waals surface area contributed by atoms with E-state index in [1.54, 1.807) is 31.2 Å². The molecule has 4 rings (SSSR count). The molecule has 2 N–H and O–H groups in total. The third-order valence-electron chi connectivity index (χ3n) is 5.17. The van der Waals surface area contributed by atoms with Crippen LogP contribution in [0, 0.1) is 0 Å². The summed E-state index contributed by atoms with van der Waals surface area (Å²) in [6.45, 7) is 4.02. The predicted molar refractivity (Wildman–Crippen MR) is 110 cm³/mol. The summed E-state index contributed by atoms with van der Waals surface area (Å²) in [4.78, 5) is 33.2. The van der Waals surface area contributed by atoms with Crippen molar-refractivity contribution < 1.29 is 19.4 Å². The minimum Gasteiger partial charge on any atom is -0.464 e. The van der Waals surface area contributed by atoms with Crippen molar-refractivity contribution in [1.82, 2.24) is 24.8 Å². The Bertz CT molecular complexity index is 1070. The minimum absolute atomic E-state index is 0.0174. The fourth-order valence-electron chi connectivity index (χ4n) is 3.74. The van der Waals surface area contributed by atoms with Gasteiger partial charge in [-0.2, -0.15) is 0 Å². The molecule has 1 amide bonds. The molecular formula is C21H23N5O4. The highest BCUT2D eigenvalue weighted by atomic mass is 16.5. The largest absolute Gasteiger partial charge is 0.464 e. The van der Waals surface area contributed by atoms with Gasteiger partial charge in [-0.15, -0.1) is 0 Å². The number of ether oxygens (including phenoxy) is 1. The Morgan fingerprint density at radius 1 is 1.20 bits per heavy atom. The number of nitrogens with zero attached hydrogens (tertiary/aromatic N) is 4. The van der Waals surface area contributed by atoms with Gasteiger partial charge in [0.25, 0.3) is 0 Å². The Hall–Kier alpha value is -3.46. The van der Waals surface area contributed by atoms with Crippen molar-refractivity contribution in [2.45, 2.75) is 32.4 Å². The highest BCUT2D eigenvalue weighted by molar-refractivity contribution is 5.89.